The number of rotatable bonds is 4. The summed E-state index contributed by atoms with van der Waals surface area (Å²) in [7, 11) is 2.42. The van der Waals surface area contributed by atoms with Crippen LogP contribution in [0.25, 0.3) is 0 Å². The molecule has 1 spiro atoms. The Morgan fingerprint density at radius 2 is 1.85 bits per heavy atom. The maximum atomic E-state index is 14.9. The van der Waals surface area contributed by atoms with Crippen LogP contribution < -0.4 is 20.1 Å². The van der Waals surface area contributed by atoms with Crippen molar-refractivity contribution in [2.24, 2.45) is 5.73 Å². The number of nitrogens with two attached hydrogens (primary N) is 1. The Hall–Kier alpha value is -2.81. The van der Waals surface area contributed by atoms with Crippen molar-refractivity contribution >= 4 is 11.6 Å². The molecular formula is C18H18F2N4O3. The first-order chi connectivity index (χ1) is 13.0. The van der Waals surface area contributed by atoms with E-state index in [-0.39, 0.29) is 19.0 Å². The van der Waals surface area contributed by atoms with Crippen LogP contribution in [-0.4, -0.2) is 30.1 Å². The number of nitrogens with zero attached hydrogens (tertiary/aromatic N) is 3. The molecule has 4 rings (SSSR count). The summed E-state index contributed by atoms with van der Waals surface area (Å²) in [5.74, 6) is -3.34. The SMILES string of the molecule is COc1nc(OC)c(F)c(N2Cc3cnc(CN)cc3C3(CC3)C2=O)c1F. The van der Waals surface area contributed by atoms with Gasteiger partial charge >= 0.3 is 0 Å². The average Bonchev–Trinajstić information content (AvgIpc) is 3.47. The Bertz CT molecular complexity index is 918. The summed E-state index contributed by atoms with van der Waals surface area (Å²) in [5.41, 5.74) is 6.59. The molecule has 1 aliphatic carbocycles. The number of halogens is 2. The number of carbonyl (C=O) groups is 1. The Balaban J connectivity index is 1.88. The fraction of sp³-hybridized carbons (Fsp3) is 0.389. The predicted molar refractivity (Wildman–Crippen MR) is 91.5 cm³/mol. The van der Waals surface area contributed by atoms with Crippen molar-refractivity contribution in [1.82, 2.24) is 9.97 Å². The van der Waals surface area contributed by atoms with Crippen molar-refractivity contribution in [3.8, 4) is 11.8 Å². The molecule has 2 aromatic heterocycles. The van der Waals surface area contributed by atoms with Crippen LogP contribution in [-0.2, 0) is 23.3 Å². The standard InChI is InChI=1S/C18H18F2N4O3/c1-26-15-12(19)14(13(20)16(23-15)27-2)24-8-9-7-22-10(6-21)5-11(9)18(3-4-18)17(24)25/h5,7H,3-4,6,8,21H2,1-2H3. The van der Waals surface area contributed by atoms with E-state index < -0.39 is 34.5 Å². The van der Waals surface area contributed by atoms with Gasteiger partial charge in [0.15, 0.2) is 0 Å². The van der Waals surface area contributed by atoms with Gasteiger partial charge in [-0.15, -0.1) is 0 Å². The van der Waals surface area contributed by atoms with Gasteiger partial charge in [0.1, 0.15) is 5.69 Å². The lowest BCUT2D eigenvalue weighted by atomic mass is 9.86. The van der Waals surface area contributed by atoms with E-state index in [1.807, 2.05) is 6.07 Å². The van der Waals surface area contributed by atoms with Crippen molar-refractivity contribution in [1.29, 1.82) is 0 Å². The first-order valence-corrected chi connectivity index (χ1v) is 8.44. The third kappa shape index (κ3) is 2.45. The van der Waals surface area contributed by atoms with Crippen molar-refractivity contribution < 1.29 is 23.0 Å². The number of amides is 1. The second-order valence-electron chi connectivity index (χ2n) is 6.62. The molecule has 9 heteroatoms. The Labute approximate surface area is 154 Å². The van der Waals surface area contributed by atoms with Crippen LogP contribution >= 0.6 is 0 Å². The van der Waals surface area contributed by atoms with Gasteiger partial charge in [-0.05, 0) is 30.0 Å². The van der Waals surface area contributed by atoms with Gasteiger partial charge in [0, 0.05) is 12.7 Å². The largest absolute Gasteiger partial charge is 0.479 e. The molecule has 0 unspecified atom stereocenters. The minimum absolute atomic E-state index is 0.0159. The molecule has 1 saturated carbocycles. The number of hydrogen-bond acceptors (Lipinski definition) is 6. The van der Waals surface area contributed by atoms with Crippen LogP contribution in [0.3, 0.4) is 0 Å². The molecule has 0 aromatic carbocycles. The molecule has 2 aliphatic rings. The van der Waals surface area contributed by atoms with E-state index in [9.17, 15) is 13.6 Å². The van der Waals surface area contributed by atoms with E-state index in [2.05, 4.69) is 9.97 Å². The third-order valence-electron chi connectivity index (χ3n) is 5.15. The topological polar surface area (TPSA) is 90.6 Å². The molecule has 27 heavy (non-hydrogen) atoms. The maximum Gasteiger partial charge on any atom is 0.255 e. The summed E-state index contributed by atoms with van der Waals surface area (Å²) >= 11 is 0. The lowest BCUT2D eigenvalue weighted by Gasteiger charge is -2.35. The number of carbonyl (C=O) groups excluding carboxylic acids is 1. The van der Waals surface area contributed by atoms with Crippen LogP contribution in [0.1, 0.15) is 29.7 Å². The molecule has 1 fully saturated rings. The van der Waals surface area contributed by atoms with Gasteiger partial charge in [0.25, 0.3) is 11.8 Å². The molecule has 2 aromatic rings. The molecule has 7 nitrogen and oxygen atoms in total. The van der Waals surface area contributed by atoms with Gasteiger partial charge in [-0.3, -0.25) is 9.78 Å². The summed E-state index contributed by atoms with van der Waals surface area (Å²) in [5, 5.41) is 0. The highest BCUT2D eigenvalue weighted by Crippen LogP contribution is 2.54. The Morgan fingerprint density at radius 3 is 2.37 bits per heavy atom. The van der Waals surface area contributed by atoms with Crippen LogP contribution in [0.4, 0.5) is 14.5 Å². The van der Waals surface area contributed by atoms with E-state index in [0.29, 0.717) is 18.5 Å². The zero-order valence-electron chi connectivity index (χ0n) is 14.9. The van der Waals surface area contributed by atoms with Gasteiger partial charge in [0.2, 0.25) is 17.5 Å². The van der Waals surface area contributed by atoms with Crippen molar-refractivity contribution in [2.75, 3.05) is 19.1 Å². The second kappa shape index (κ2) is 6.12. The molecule has 1 aliphatic heterocycles. The first-order valence-electron chi connectivity index (χ1n) is 8.44. The molecule has 0 saturated heterocycles. The molecule has 1 amide bonds. The van der Waals surface area contributed by atoms with Crippen LogP contribution in [0.2, 0.25) is 0 Å². The number of ether oxygens (including phenoxy) is 2. The lowest BCUT2D eigenvalue weighted by molar-refractivity contribution is -0.121. The van der Waals surface area contributed by atoms with Crippen LogP contribution in [0.5, 0.6) is 11.8 Å². The Morgan fingerprint density at radius 1 is 1.22 bits per heavy atom. The molecule has 0 bridgehead atoms. The summed E-state index contributed by atoms with van der Waals surface area (Å²) in [6.07, 6.45) is 2.82. The molecule has 142 valence electrons. The fourth-order valence-corrected chi connectivity index (χ4v) is 3.61. The van der Waals surface area contributed by atoms with E-state index in [1.165, 1.54) is 14.2 Å². The molecule has 3 heterocycles. The number of methoxy groups -OCH3 is 2. The molecule has 0 atom stereocenters. The van der Waals surface area contributed by atoms with E-state index in [4.69, 9.17) is 15.2 Å². The van der Waals surface area contributed by atoms with E-state index >= 15 is 0 Å². The molecular weight excluding hydrogens is 358 g/mol. The summed E-state index contributed by atoms with van der Waals surface area (Å²) in [4.78, 5) is 22.2. The quantitative estimate of drug-likeness (QED) is 0.875. The normalized spacial score (nSPS) is 17.1. The maximum absolute atomic E-state index is 14.9. The first kappa shape index (κ1) is 17.6. The zero-order valence-corrected chi connectivity index (χ0v) is 14.9. The number of fused-ring (bicyclic) bond motifs is 2. The number of anilines is 1. The average molecular weight is 376 g/mol. The van der Waals surface area contributed by atoms with Gasteiger partial charge < -0.3 is 20.1 Å². The van der Waals surface area contributed by atoms with Gasteiger partial charge in [-0.2, -0.15) is 13.8 Å². The number of aromatic nitrogens is 2. The van der Waals surface area contributed by atoms with E-state index in [1.54, 1.807) is 6.20 Å². The zero-order chi connectivity index (χ0) is 19.3. The van der Waals surface area contributed by atoms with Crippen LogP contribution in [0.15, 0.2) is 12.3 Å². The molecule has 2 N–H and O–H groups in total. The third-order valence-corrected chi connectivity index (χ3v) is 5.15. The second-order valence-corrected chi connectivity index (χ2v) is 6.62. The Kier molecular flexibility index (Phi) is 3.99. The summed E-state index contributed by atoms with van der Waals surface area (Å²) in [6.45, 7) is 0.237. The molecule has 0 radical (unpaired) electrons. The van der Waals surface area contributed by atoms with Gasteiger partial charge in [-0.1, -0.05) is 0 Å². The van der Waals surface area contributed by atoms with Gasteiger partial charge in [0.05, 0.1) is 31.9 Å². The fourth-order valence-electron chi connectivity index (χ4n) is 3.61. The highest BCUT2D eigenvalue weighted by molar-refractivity contribution is 6.05. The van der Waals surface area contributed by atoms with E-state index in [0.717, 1.165) is 16.0 Å². The van der Waals surface area contributed by atoms with Crippen molar-refractivity contribution in [3.63, 3.8) is 0 Å². The predicted octanol–water partition coefficient (Wildman–Crippen LogP) is 1.81. The minimum atomic E-state index is -1.05. The minimum Gasteiger partial charge on any atom is -0.479 e. The highest BCUT2D eigenvalue weighted by Gasteiger charge is 2.57. The lowest BCUT2D eigenvalue weighted by Crippen LogP contribution is -2.45. The summed E-state index contributed by atoms with van der Waals surface area (Å²) in [6, 6.07) is 1.82. The van der Waals surface area contributed by atoms with Gasteiger partial charge in [-0.25, -0.2) is 0 Å². The highest BCUT2D eigenvalue weighted by atomic mass is 19.1. The van der Waals surface area contributed by atoms with Crippen LogP contribution in [0, 0.1) is 11.6 Å². The number of hydrogen-bond donors (Lipinski definition) is 1. The van der Waals surface area contributed by atoms with Crippen molar-refractivity contribution in [3.05, 3.63) is 40.7 Å². The van der Waals surface area contributed by atoms with Crippen molar-refractivity contribution in [2.45, 2.75) is 31.3 Å². The monoisotopic (exact) mass is 376 g/mol. The summed E-state index contributed by atoms with van der Waals surface area (Å²) < 4.78 is 39.5. The smallest absolute Gasteiger partial charge is 0.255 e. The number of pyridine rings is 2.